The van der Waals surface area contributed by atoms with E-state index >= 15 is 0 Å². The summed E-state index contributed by atoms with van der Waals surface area (Å²) < 4.78 is 1.19. The molecule has 0 aliphatic heterocycles. The molecule has 0 N–H and O–H groups in total. The molecule has 0 heterocycles. The van der Waals surface area contributed by atoms with E-state index < -0.39 is 0 Å². The predicted molar refractivity (Wildman–Crippen MR) is 67.3 cm³/mol. The van der Waals surface area contributed by atoms with Gasteiger partial charge in [0.15, 0.2) is 0 Å². The summed E-state index contributed by atoms with van der Waals surface area (Å²) in [5, 5.41) is 0.891. The lowest BCUT2D eigenvalue weighted by atomic mass is 9.88. The molecule has 0 fully saturated rings. The first kappa shape index (κ1) is 11.3. The molecule has 0 bridgehead atoms. The van der Waals surface area contributed by atoms with Gasteiger partial charge in [-0.3, -0.25) is 0 Å². The second-order valence-corrected chi connectivity index (χ2v) is 6.13. The van der Waals surface area contributed by atoms with Crippen molar-refractivity contribution in [1.82, 2.24) is 0 Å². The average Bonchev–Trinajstić information content (AvgIpc) is 1.93. The van der Waals surface area contributed by atoms with Gasteiger partial charge in [0.25, 0.3) is 0 Å². The molecule has 0 unspecified atom stereocenters. The fourth-order valence-electron chi connectivity index (χ4n) is 1.24. The highest BCUT2D eigenvalue weighted by Gasteiger charge is 2.13. The molecule has 0 saturated heterocycles. The molecule has 2 heteroatoms. The van der Waals surface area contributed by atoms with Crippen LogP contribution in [0.2, 0.25) is 5.02 Å². The van der Waals surface area contributed by atoms with Crippen LogP contribution in [-0.4, -0.2) is 0 Å². The number of rotatable bonds is 1. The van der Waals surface area contributed by atoms with Crippen molar-refractivity contribution in [3.63, 3.8) is 0 Å². The Morgan fingerprint density at radius 3 is 2.38 bits per heavy atom. The lowest BCUT2D eigenvalue weighted by Gasteiger charge is -2.18. The normalized spacial score (nSPS) is 11.8. The zero-order chi connectivity index (χ0) is 10.1. The molecule has 0 aliphatic carbocycles. The molecule has 72 valence electrons. The zero-order valence-electron chi connectivity index (χ0n) is 8.20. The number of hydrogen-bond acceptors (Lipinski definition) is 0. The highest BCUT2D eigenvalue weighted by atomic mass is 127. The molecular formula is C11H14ClI. The van der Waals surface area contributed by atoms with Gasteiger partial charge in [0.2, 0.25) is 0 Å². The maximum Gasteiger partial charge on any atom is 0.0448 e. The van der Waals surface area contributed by atoms with Gasteiger partial charge in [-0.2, -0.15) is 0 Å². The van der Waals surface area contributed by atoms with E-state index in [9.17, 15) is 0 Å². The van der Waals surface area contributed by atoms with Gasteiger partial charge >= 0.3 is 0 Å². The first-order valence-electron chi connectivity index (χ1n) is 4.32. The molecule has 0 saturated carbocycles. The minimum absolute atomic E-state index is 0.302. The van der Waals surface area contributed by atoms with Gasteiger partial charge < -0.3 is 0 Å². The van der Waals surface area contributed by atoms with Crippen LogP contribution in [0, 0.1) is 8.99 Å². The maximum atomic E-state index is 6.13. The molecular weight excluding hydrogens is 294 g/mol. The van der Waals surface area contributed by atoms with Crippen molar-refractivity contribution in [3.05, 3.63) is 32.4 Å². The van der Waals surface area contributed by atoms with Crippen molar-refractivity contribution in [2.24, 2.45) is 5.41 Å². The summed E-state index contributed by atoms with van der Waals surface area (Å²) in [6.07, 6.45) is 1.03. The summed E-state index contributed by atoms with van der Waals surface area (Å²) in [5.74, 6) is 0. The Labute approximate surface area is 98.8 Å². The number of benzene rings is 1. The average molecular weight is 309 g/mol. The van der Waals surface area contributed by atoms with E-state index in [1.807, 2.05) is 6.07 Å². The van der Waals surface area contributed by atoms with Crippen molar-refractivity contribution in [2.75, 3.05) is 0 Å². The minimum Gasteiger partial charge on any atom is -0.0840 e. The first-order chi connectivity index (χ1) is 5.88. The smallest absolute Gasteiger partial charge is 0.0448 e. The Morgan fingerprint density at radius 1 is 1.31 bits per heavy atom. The third kappa shape index (κ3) is 3.86. The third-order valence-electron chi connectivity index (χ3n) is 1.74. The molecule has 0 atom stereocenters. The number of halogens is 2. The first-order valence-corrected chi connectivity index (χ1v) is 5.78. The summed E-state index contributed by atoms with van der Waals surface area (Å²) >= 11 is 8.41. The van der Waals surface area contributed by atoms with Crippen molar-refractivity contribution in [1.29, 1.82) is 0 Å². The van der Waals surface area contributed by atoms with Crippen LogP contribution in [0.15, 0.2) is 18.2 Å². The fourth-order valence-corrected chi connectivity index (χ4v) is 2.16. The quantitative estimate of drug-likeness (QED) is 0.669. The lowest BCUT2D eigenvalue weighted by Crippen LogP contribution is -2.09. The van der Waals surface area contributed by atoms with Crippen LogP contribution in [0.1, 0.15) is 26.3 Å². The summed E-state index contributed by atoms with van der Waals surface area (Å²) in [7, 11) is 0. The molecule has 13 heavy (non-hydrogen) atoms. The lowest BCUT2D eigenvalue weighted by molar-refractivity contribution is 0.411. The second-order valence-electron chi connectivity index (χ2n) is 4.47. The van der Waals surface area contributed by atoms with Crippen molar-refractivity contribution >= 4 is 34.2 Å². The Hall–Kier alpha value is 0.240. The van der Waals surface area contributed by atoms with Crippen LogP contribution in [-0.2, 0) is 6.42 Å². The predicted octanol–water partition coefficient (Wildman–Crippen LogP) is 4.53. The topological polar surface area (TPSA) is 0 Å². The van der Waals surface area contributed by atoms with Gasteiger partial charge in [0, 0.05) is 8.59 Å². The van der Waals surface area contributed by atoms with Crippen LogP contribution in [0.4, 0.5) is 0 Å². The van der Waals surface area contributed by atoms with Crippen molar-refractivity contribution in [2.45, 2.75) is 27.2 Å². The van der Waals surface area contributed by atoms with E-state index in [-0.39, 0.29) is 0 Å². The van der Waals surface area contributed by atoms with E-state index in [1.165, 1.54) is 9.13 Å². The van der Waals surface area contributed by atoms with Gasteiger partial charge in [0.05, 0.1) is 0 Å². The minimum atomic E-state index is 0.302. The van der Waals surface area contributed by atoms with Crippen LogP contribution < -0.4 is 0 Å². The Balaban J connectivity index is 2.90. The summed E-state index contributed by atoms with van der Waals surface area (Å²) in [6, 6.07) is 6.24. The Morgan fingerprint density at radius 2 is 1.92 bits per heavy atom. The maximum absolute atomic E-state index is 6.13. The molecule has 1 aromatic carbocycles. The van der Waals surface area contributed by atoms with E-state index in [2.05, 4.69) is 55.5 Å². The second kappa shape index (κ2) is 4.18. The third-order valence-corrected chi connectivity index (χ3v) is 2.76. The molecule has 1 aromatic rings. The molecule has 0 aliphatic rings. The van der Waals surface area contributed by atoms with E-state index in [1.54, 1.807) is 0 Å². The monoisotopic (exact) mass is 308 g/mol. The van der Waals surface area contributed by atoms with E-state index in [0.717, 1.165) is 11.4 Å². The van der Waals surface area contributed by atoms with Gasteiger partial charge in [-0.15, -0.1) is 0 Å². The Kier molecular flexibility index (Phi) is 3.64. The molecule has 1 rings (SSSR count). The molecule has 0 aromatic heterocycles. The summed E-state index contributed by atoms with van der Waals surface area (Å²) in [5.41, 5.74) is 1.55. The number of hydrogen-bond donors (Lipinski definition) is 0. The fraction of sp³-hybridized carbons (Fsp3) is 0.455. The largest absolute Gasteiger partial charge is 0.0840 e. The van der Waals surface area contributed by atoms with Gasteiger partial charge in [-0.1, -0.05) is 38.4 Å². The summed E-state index contributed by atoms with van der Waals surface area (Å²) in [6.45, 7) is 6.67. The summed E-state index contributed by atoms with van der Waals surface area (Å²) in [4.78, 5) is 0. The molecule has 0 amide bonds. The van der Waals surface area contributed by atoms with Crippen LogP contribution in [0.25, 0.3) is 0 Å². The van der Waals surface area contributed by atoms with Crippen molar-refractivity contribution < 1.29 is 0 Å². The molecule has 0 radical (unpaired) electrons. The Bertz CT molecular complexity index is 299. The van der Waals surface area contributed by atoms with Crippen LogP contribution in [0.5, 0.6) is 0 Å². The van der Waals surface area contributed by atoms with Crippen molar-refractivity contribution in [3.8, 4) is 0 Å². The van der Waals surface area contributed by atoms with E-state index in [0.29, 0.717) is 5.41 Å². The van der Waals surface area contributed by atoms with Crippen LogP contribution in [0.3, 0.4) is 0 Å². The van der Waals surface area contributed by atoms with E-state index in [4.69, 9.17) is 11.6 Å². The zero-order valence-corrected chi connectivity index (χ0v) is 11.1. The van der Waals surface area contributed by atoms with Crippen LogP contribution >= 0.6 is 34.2 Å². The molecule has 0 nitrogen and oxygen atoms in total. The highest BCUT2D eigenvalue weighted by Crippen LogP contribution is 2.26. The highest BCUT2D eigenvalue weighted by molar-refractivity contribution is 14.1. The van der Waals surface area contributed by atoms with Gasteiger partial charge in [-0.05, 0) is 52.1 Å². The SMILES string of the molecule is CC(C)(C)Cc1ccc(I)cc1Cl. The van der Waals surface area contributed by atoms with Gasteiger partial charge in [-0.25, -0.2) is 0 Å². The van der Waals surface area contributed by atoms with Gasteiger partial charge in [0.1, 0.15) is 0 Å². The molecule has 0 spiro atoms. The standard InChI is InChI=1S/C11H14ClI/c1-11(2,3)7-8-4-5-9(13)6-10(8)12/h4-6H,7H2,1-3H3.